The van der Waals surface area contributed by atoms with E-state index in [4.69, 9.17) is 10.5 Å². The molecule has 1 fully saturated rings. The second-order valence-corrected chi connectivity index (χ2v) is 8.74. The second-order valence-electron chi connectivity index (χ2n) is 8.74. The Balaban J connectivity index is 1.17. The van der Waals surface area contributed by atoms with Crippen LogP contribution in [0.5, 0.6) is 11.5 Å². The van der Waals surface area contributed by atoms with Crippen molar-refractivity contribution < 1.29 is 14.3 Å². The molecule has 8 heteroatoms. The van der Waals surface area contributed by atoms with E-state index in [2.05, 4.69) is 15.5 Å². The smallest absolute Gasteiger partial charge is 0.241 e. The summed E-state index contributed by atoms with van der Waals surface area (Å²) in [6.07, 6.45) is 6.96. The highest BCUT2D eigenvalue weighted by molar-refractivity contribution is 5.95. The molecule has 35 heavy (non-hydrogen) atoms. The summed E-state index contributed by atoms with van der Waals surface area (Å²) >= 11 is 0. The molecule has 0 aliphatic carbocycles. The number of nitrogens with zero attached hydrogens (tertiary/aromatic N) is 2. The van der Waals surface area contributed by atoms with Crippen LogP contribution in [0.25, 0.3) is 5.69 Å². The Kier molecular flexibility index (Phi) is 8.53. The van der Waals surface area contributed by atoms with Crippen LogP contribution in [-0.4, -0.2) is 53.5 Å². The molecule has 2 heterocycles. The van der Waals surface area contributed by atoms with Gasteiger partial charge in [-0.25, -0.2) is 0 Å². The molecule has 4 N–H and O–H groups in total. The van der Waals surface area contributed by atoms with Crippen molar-refractivity contribution >= 4 is 17.5 Å². The lowest BCUT2D eigenvalue weighted by atomic mass is 10.1. The summed E-state index contributed by atoms with van der Waals surface area (Å²) in [6, 6.07) is 18.1. The van der Waals surface area contributed by atoms with E-state index in [9.17, 15) is 9.59 Å². The number of likely N-dealkylation sites (tertiary alicyclic amines) is 1. The van der Waals surface area contributed by atoms with Gasteiger partial charge in [0.2, 0.25) is 11.8 Å². The van der Waals surface area contributed by atoms with E-state index in [1.54, 1.807) is 24.3 Å². The first-order valence-electron chi connectivity index (χ1n) is 12.1. The van der Waals surface area contributed by atoms with Crippen molar-refractivity contribution in [3.05, 3.63) is 73.1 Å². The molecule has 1 saturated heterocycles. The highest BCUT2D eigenvalue weighted by Gasteiger charge is 2.16. The van der Waals surface area contributed by atoms with Gasteiger partial charge in [-0.2, -0.15) is 0 Å². The van der Waals surface area contributed by atoms with Gasteiger partial charge in [-0.15, -0.1) is 0 Å². The van der Waals surface area contributed by atoms with E-state index in [-0.39, 0.29) is 18.2 Å². The fourth-order valence-corrected chi connectivity index (χ4v) is 4.04. The van der Waals surface area contributed by atoms with Crippen molar-refractivity contribution in [2.75, 3.05) is 31.5 Å². The number of hydrogen-bond donors (Lipinski definition) is 3. The fraction of sp³-hybridized carbons (Fsp3) is 0.333. The first-order chi connectivity index (χ1) is 17.1. The Hall–Kier alpha value is -3.62. The zero-order valence-corrected chi connectivity index (χ0v) is 19.9. The maximum absolute atomic E-state index is 12.4. The molecule has 1 aliphatic rings. The predicted molar refractivity (Wildman–Crippen MR) is 137 cm³/mol. The second kappa shape index (κ2) is 12.2. The van der Waals surface area contributed by atoms with Crippen molar-refractivity contribution in [1.29, 1.82) is 0 Å². The van der Waals surface area contributed by atoms with Crippen LogP contribution < -0.4 is 21.1 Å². The lowest BCUT2D eigenvalue weighted by Crippen LogP contribution is -2.38. The van der Waals surface area contributed by atoms with Gasteiger partial charge in [-0.1, -0.05) is 0 Å². The third-order valence-electron chi connectivity index (χ3n) is 6.06. The Morgan fingerprint density at radius 3 is 2.23 bits per heavy atom. The molecule has 1 aromatic heterocycles. The van der Waals surface area contributed by atoms with Crippen LogP contribution in [-0.2, 0) is 9.59 Å². The van der Waals surface area contributed by atoms with Gasteiger partial charge >= 0.3 is 0 Å². The molecule has 1 unspecified atom stereocenters. The number of hydrogen-bond acceptors (Lipinski definition) is 5. The van der Waals surface area contributed by atoms with Gasteiger partial charge in [0.05, 0.1) is 6.04 Å². The highest BCUT2D eigenvalue weighted by atomic mass is 16.5. The fourth-order valence-electron chi connectivity index (χ4n) is 4.04. The first kappa shape index (κ1) is 24.5. The normalized spacial score (nSPS) is 14.4. The zero-order chi connectivity index (χ0) is 24.5. The zero-order valence-electron chi connectivity index (χ0n) is 19.9. The third kappa shape index (κ3) is 7.43. The number of aromatic nitrogens is 1. The summed E-state index contributed by atoms with van der Waals surface area (Å²) in [4.78, 5) is 26.8. The largest absolute Gasteiger partial charge is 0.457 e. The molecule has 8 nitrogen and oxygen atoms in total. The minimum atomic E-state index is -0.755. The summed E-state index contributed by atoms with van der Waals surface area (Å²) in [7, 11) is 0. The van der Waals surface area contributed by atoms with Crippen molar-refractivity contribution in [1.82, 2.24) is 14.8 Å². The maximum atomic E-state index is 12.4. The molecule has 1 atom stereocenters. The molecule has 0 spiro atoms. The molecule has 1 aliphatic heterocycles. The highest BCUT2D eigenvalue weighted by Crippen LogP contribution is 2.24. The molecule has 2 aromatic carbocycles. The Labute approximate surface area is 206 Å². The van der Waals surface area contributed by atoms with Crippen LogP contribution in [0.15, 0.2) is 73.1 Å². The Bertz CT molecular complexity index is 1080. The van der Waals surface area contributed by atoms with E-state index >= 15 is 0 Å². The van der Waals surface area contributed by atoms with Crippen LogP contribution in [0.4, 0.5) is 5.69 Å². The lowest BCUT2D eigenvalue weighted by molar-refractivity contribution is -0.121. The number of benzene rings is 2. The minimum Gasteiger partial charge on any atom is -0.457 e. The van der Waals surface area contributed by atoms with E-state index in [1.807, 2.05) is 53.4 Å². The topological polar surface area (TPSA) is 102 Å². The summed E-state index contributed by atoms with van der Waals surface area (Å²) in [5, 5.41) is 5.71. The number of rotatable bonds is 11. The molecule has 184 valence electrons. The van der Waals surface area contributed by atoms with E-state index < -0.39 is 6.04 Å². The van der Waals surface area contributed by atoms with Gasteiger partial charge in [-0.3, -0.25) is 9.59 Å². The molecule has 3 aromatic rings. The van der Waals surface area contributed by atoms with Crippen molar-refractivity contribution in [2.45, 2.75) is 31.7 Å². The number of carbonyl (C=O) groups excluding carboxylic acids is 2. The van der Waals surface area contributed by atoms with Gasteiger partial charge < -0.3 is 30.6 Å². The molecule has 0 saturated carbocycles. The maximum Gasteiger partial charge on any atom is 0.241 e. The summed E-state index contributed by atoms with van der Waals surface area (Å²) in [6.45, 7) is 3.72. The number of nitrogens with two attached hydrogens (primary N) is 1. The van der Waals surface area contributed by atoms with Crippen molar-refractivity contribution in [3.8, 4) is 17.2 Å². The quantitative estimate of drug-likeness (QED) is 0.394. The molecule has 0 radical (unpaired) electrons. The van der Waals surface area contributed by atoms with Gasteiger partial charge in [0.15, 0.2) is 0 Å². The Morgan fingerprint density at radius 2 is 1.57 bits per heavy atom. The van der Waals surface area contributed by atoms with Gasteiger partial charge in [-0.05, 0) is 93.0 Å². The average molecular weight is 476 g/mol. The average Bonchev–Trinajstić information content (AvgIpc) is 3.59. The van der Waals surface area contributed by atoms with Crippen LogP contribution in [0.1, 0.15) is 25.7 Å². The Morgan fingerprint density at radius 1 is 0.943 bits per heavy atom. The SMILES string of the molecule is NC(CCC(=O)NCCN1CCCC1)C(=O)Nc1ccc(Oc2ccc(-n3cccc3)cc2)cc1. The van der Waals surface area contributed by atoms with Gasteiger partial charge in [0, 0.05) is 43.3 Å². The summed E-state index contributed by atoms with van der Waals surface area (Å²) < 4.78 is 7.92. The number of nitrogens with one attached hydrogen (secondary N) is 2. The van der Waals surface area contributed by atoms with E-state index in [0.717, 1.165) is 31.1 Å². The number of amides is 2. The lowest BCUT2D eigenvalue weighted by Gasteiger charge is -2.15. The van der Waals surface area contributed by atoms with Gasteiger partial charge in [0.25, 0.3) is 0 Å². The van der Waals surface area contributed by atoms with Gasteiger partial charge in [0.1, 0.15) is 11.5 Å². The molecular weight excluding hydrogens is 442 g/mol. The van der Waals surface area contributed by atoms with Crippen LogP contribution >= 0.6 is 0 Å². The van der Waals surface area contributed by atoms with Crippen LogP contribution in [0, 0.1) is 0 Å². The van der Waals surface area contributed by atoms with E-state index in [1.165, 1.54) is 12.8 Å². The van der Waals surface area contributed by atoms with Crippen LogP contribution in [0.3, 0.4) is 0 Å². The van der Waals surface area contributed by atoms with Crippen molar-refractivity contribution in [3.63, 3.8) is 0 Å². The standard InChI is InChI=1S/C27H33N5O3/c28-25(13-14-26(33)29-15-20-31-16-1-2-17-31)27(34)30-21-5-9-23(10-6-21)35-24-11-7-22(8-12-24)32-18-3-4-19-32/h3-12,18-19,25H,1-2,13-17,20,28H2,(H,29,33)(H,30,34). The van der Waals surface area contributed by atoms with Crippen LogP contribution in [0.2, 0.25) is 0 Å². The first-order valence-corrected chi connectivity index (χ1v) is 12.1. The van der Waals surface area contributed by atoms with Crippen molar-refractivity contribution in [2.24, 2.45) is 5.73 Å². The molecule has 4 rings (SSSR count). The minimum absolute atomic E-state index is 0.0738. The monoisotopic (exact) mass is 475 g/mol. The summed E-state index contributed by atoms with van der Waals surface area (Å²) in [5.74, 6) is 0.990. The summed E-state index contributed by atoms with van der Waals surface area (Å²) in [5.41, 5.74) is 7.67. The number of anilines is 1. The molecule has 0 bridgehead atoms. The predicted octanol–water partition coefficient (Wildman–Crippen LogP) is 3.53. The number of ether oxygens (including phenoxy) is 1. The number of carbonyl (C=O) groups is 2. The van der Waals surface area contributed by atoms with E-state index in [0.29, 0.717) is 24.4 Å². The molecular formula is C27H33N5O3. The molecule has 2 amide bonds. The third-order valence-corrected chi connectivity index (χ3v) is 6.06.